The van der Waals surface area contributed by atoms with Gasteiger partial charge in [0.25, 0.3) is 5.91 Å². The summed E-state index contributed by atoms with van der Waals surface area (Å²) in [4.78, 5) is 27.6. The summed E-state index contributed by atoms with van der Waals surface area (Å²) in [6.07, 6.45) is 10.0. The molecule has 1 fully saturated rings. The van der Waals surface area contributed by atoms with Gasteiger partial charge in [0.05, 0.1) is 46.3 Å². The molecular weight excluding hydrogens is 927 g/mol. The van der Waals surface area contributed by atoms with E-state index >= 15 is 0 Å². The molecule has 9 aromatic rings. The molecule has 2 heterocycles. The Bertz CT molecular complexity index is 3270. The van der Waals surface area contributed by atoms with Gasteiger partial charge in [-0.2, -0.15) is 0 Å². The first kappa shape index (κ1) is 49.0. The van der Waals surface area contributed by atoms with Crippen molar-refractivity contribution in [3.8, 4) is 29.6 Å². The Morgan fingerprint density at radius 3 is 1.46 bits per heavy atom. The number of methoxy groups -OCH3 is 3. The molecule has 12 nitrogen and oxygen atoms in total. The monoisotopic (exact) mass is 981 g/mol. The van der Waals surface area contributed by atoms with E-state index in [1.165, 1.54) is 6.33 Å². The highest BCUT2D eigenvalue weighted by Gasteiger charge is 2.64. The Labute approximate surface area is 430 Å². The average Bonchev–Trinajstić information content (AvgIpc) is 3.91. The summed E-state index contributed by atoms with van der Waals surface area (Å²) in [5.41, 5.74) is 2.74. The molecule has 0 bridgehead atoms. The molecule has 2 aromatic heterocycles. The van der Waals surface area contributed by atoms with Crippen LogP contribution in [0.4, 0.5) is 5.82 Å². The van der Waals surface area contributed by atoms with Crippen molar-refractivity contribution in [1.29, 1.82) is 0 Å². The van der Waals surface area contributed by atoms with Crippen LogP contribution in [0, 0.1) is 29.6 Å². The summed E-state index contributed by atoms with van der Waals surface area (Å²) in [5.74, 6) is 3.98. The lowest BCUT2D eigenvalue weighted by Crippen LogP contribution is -2.63. The largest absolute Gasteiger partial charge is 0.497 e. The van der Waals surface area contributed by atoms with E-state index in [2.05, 4.69) is 40.5 Å². The number of hydrogen-bond donors (Lipinski definition) is 2. The smallest absolute Gasteiger partial charge is 0.256 e. The summed E-state index contributed by atoms with van der Waals surface area (Å²) in [6.45, 7) is -0.323. The third-order valence-corrected chi connectivity index (χ3v) is 14.6. The standard InChI is InChI=1S/C62H55N5O7/c1-5-60(40-74-62(46-24-16-9-17-25-46,48-28-34-51(71-3)35-29-48)49-30-36-52(72-4)37-31-49)53(38-68)56(67-42-65-55-57(63-41-64-58(55)67)66-59(69)43-18-10-6-11-19-43)54(60)39-73-61(44-20-12-7-13-21-44,45-22-14-8-15-23-45)47-26-32-50(70-2)33-27-47/h1,6-37,41-42,53-54,56,68H,38-40H2,2-4H3,(H,63,64,66,69)/t53-,54+,56-,60+/m1/s1. The van der Waals surface area contributed by atoms with Crippen molar-refractivity contribution in [2.75, 3.05) is 46.5 Å². The van der Waals surface area contributed by atoms with E-state index in [-0.39, 0.29) is 31.5 Å². The number of imidazole rings is 1. The highest BCUT2D eigenvalue weighted by Crippen LogP contribution is 2.61. The van der Waals surface area contributed by atoms with E-state index in [0.29, 0.717) is 34.0 Å². The normalized spacial score (nSPS) is 17.4. The van der Waals surface area contributed by atoms with Crippen molar-refractivity contribution in [1.82, 2.24) is 19.5 Å². The molecular formula is C62H55N5O7. The molecule has 1 amide bonds. The Morgan fingerprint density at radius 2 is 1.03 bits per heavy atom. The quantitative estimate of drug-likeness (QED) is 0.0595. The Hall–Kier alpha value is -8.60. The molecule has 12 heteroatoms. The molecule has 0 radical (unpaired) electrons. The molecule has 7 aromatic carbocycles. The summed E-state index contributed by atoms with van der Waals surface area (Å²) >= 11 is 0. The maximum absolute atomic E-state index is 13.5. The third kappa shape index (κ3) is 8.71. The number of benzene rings is 7. The van der Waals surface area contributed by atoms with Gasteiger partial charge < -0.3 is 38.7 Å². The highest BCUT2D eigenvalue weighted by molar-refractivity contribution is 6.06. The van der Waals surface area contributed by atoms with Crippen molar-refractivity contribution in [2.24, 2.45) is 17.3 Å². The van der Waals surface area contributed by atoms with Crippen LogP contribution in [0.2, 0.25) is 0 Å². The lowest BCUT2D eigenvalue weighted by atomic mass is 9.50. The van der Waals surface area contributed by atoms with Gasteiger partial charge in [-0.1, -0.05) is 152 Å². The fourth-order valence-corrected chi connectivity index (χ4v) is 10.8. The number of rotatable bonds is 19. The highest BCUT2D eigenvalue weighted by atomic mass is 16.5. The second-order valence-corrected chi connectivity index (χ2v) is 18.2. The van der Waals surface area contributed by atoms with E-state index in [9.17, 15) is 9.90 Å². The number of anilines is 1. The number of ether oxygens (including phenoxy) is 5. The van der Waals surface area contributed by atoms with Crippen molar-refractivity contribution in [3.63, 3.8) is 0 Å². The van der Waals surface area contributed by atoms with Gasteiger partial charge in [-0.3, -0.25) is 4.79 Å². The second kappa shape index (κ2) is 21.2. The van der Waals surface area contributed by atoms with Gasteiger partial charge in [-0.05, 0) is 81.9 Å². The number of carbonyl (C=O) groups is 1. The topological polar surface area (TPSA) is 139 Å². The predicted octanol–water partition coefficient (Wildman–Crippen LogP) is 10.5. The van der Waals surface area contributed by atoms with E-state index in [4.69, 9.17) is 40.1 Å². The van der Waals surface area contributed by atoms with E-state index in [0.717, 1.165) is 33.4 Å². The van der Waals surface area contributed by atoms with Crippen LogP contribution in [0.1, 0.15) is 49.8 Å². The van der Waals surface area contributed by atoms with Crippen LogP contribution in [-0.2, 0) is 20.7 Å². The predicted molar refractivity (Wildman–Crippen MR) is 284 cm³/mol. The van der Waals surface area contributed by atoms with Crippen molar-refractivity contribution in [2.45, 2.75) is 17.2 Å². The molecule has 1 saturated carbocycles. The molecule has 1 aliphatic rings. The Morgan fingerprint density at radius 1 is 0.595 bits per heavy atom. The van der Waals surface area contributed by atoms with Gasteiger partial charge in [0.2, 0.25) is 0 Å². The number of nitrogens with zero attached hydrogens (tertiary/aromatic N) is 4. The van der Waals surface area contributed by atoms with Crippen molar-refractivity contribution in [3.05, 3.63) is 246 Å². The molecule has 10 rings (SSSR count). The number of fused-ring (bicyclic) bond motifs is 1. The molecule has 0 spiro atoms. The molecule has 1 aliphatic carbocycles. The maximum atomic E-state index is 13.5. The fourth-order valence-electron chi connectivity index (χ4n) is 10.8. The van der Waals surface area contributed by atoms with Crippen LogP contribution in [0.25, 0.3) is 11.2 Å². The van der Waals surface area contributed by atoms with Crippen LogP contribution in [0.3, 0.4) is 0 Å². The van der Waals surface area contributed by atoms with Gasteiger partial charge in [0, 0.05) is 30.0 Å². The van der Waals surface area contributed by atoms with Gasteiger partial charge in [-0.15, -0.1) is 6.42 Å². The number of terminal acetylenes is 1. The first-order valence-corrected chi connectivity index (χ1v) is 24.3. The van der Waals surface area contributed by atoms with Gasteiger partial charge in [0.1, 0.15) is 34.8 Å². The zero-order chi connectivity index (χ0) is 51.1. The van der Waals surface area contributed by atoms with Crippen LogP contribution in [0.15, 0.2) is 207 Å². The zero-order valence-electron chi connectivity index (χ0n) is 41.2. The molecule has 0 saturated heterocycles. The maximum Gasteiger partial charge on any atom is 0.256 e. The van der Waals surface area contributed by atoms with Gasteiger partial charge >= 0.3 is 0 Å². The first-order chi connectivity index (χ1) is 36.3. The number of aromatic nitrogens is 4. The molecule has 4 atom stereocenters. The SMILES string of the molecule is C#C[C@]1(COC(c2ccccc2)(c2ccc(OC)cc2)c2ccc(OC)cc2)[C@H](CO)[C@@H](n2cnc3c(NC(=O)c4ccccc4)ncnc32)[C@@H]1COC(c1ccccc1)(c1ccccc1)c1ccc(OC)cc1. The minimum Gasteiger partial charge on any atom is -0.497 e. The molecule has 370 valence electrons. The fraction of sp³-hybridized carbons (Fsp3) is 0.194. The van der Waals surface area contributed by atoms with E-state index in [1.54, 1.807) is 51.9 Å². The summed E-state index contributed by atoms with van der Waals surface area (Å²) in [7, 11) is 4.91. The third-order valence-electron chi connectivity index (χ3n) is 14.6. The molecule has 2 N–H and O–H groups in total. The molecule has 74 heavy (non-hydrogen) atoms. The van der Waals surface area contributed by atoms with Crippen molar-refractivity contribution >= 4 is 22.9 Å². The van der Waals surface area contributed by atoms with Crippen LogP contribution < -0.4 is 19.5 Å². The number of aliphatic hydroxyl groups is 1. The number of nitrogens with one attached hydrogen (secondary N) is 1. The summed E-state index contributed by atoms with van der Waals surface area (Å²) in [6, 6.07) is 62.1. The molecule has 0 unspecified atom stereocenters. The number of hydrogen-bond acceptors (Lipinski definition) is 10. The molecule has 0 aliphatic heterocycles. The number of carbonyl (C=O) groups excluding carboxylic acids is 1. The minimum absolute atomic E-state index is 0.0432. The summed E-state index contributed by atoms with van der Waals surface area (Å²) < 4.78 is 34.2. The van der Waals surface area contributed by atoms with E-state index in [1.807, 2.05) is 150 Å². The minimum atomic E-state index is -1.25. The van der Waals surface area contributed by atoms with E-state index < -0.39 is 34.5 Å². The van der Waals surface area contributed by atoms with Gasteiger partial charge in [0.15, 0.2) is 17.0 Å². The van der Waals surface area contributed by atoms with Crippen LogP contribution in [-0.4, -0.2) is 71.7 Å². The average molecular weight is 982 g/mol. The lowest BCUT2D eigenvalue weighted by Gasteiger charge is -2.59. The number of amides is 1. The Kier molecular flexibility index (Phi) is 14.1. The van der Waals surface area contributed by atoms with Crippen LogP contribution >= 0.6 is 0 Å². The summed E-state index contributed by atoms with van der Waals surface area (Å²) in [5, 5.41) is 14.8. The first-order valence-electron chi connectivity index (χ1n) is 24.3. The second-order valence-electron chi connectivity index (χ2n) is 18.2. The zero-order valence-corrected chi connectivity index (χ0v) is 41.2. The van der Waals surface area contributed by atoms with Crippen molar-refractivity contribution < 1.29 is 33.6 Å². The van der Waals surface area contributed by atoms with Gasteiger partial charge in [-0.25, -0.2) is 15.0 Å². The Balaban J connectivity index is 1.14. The number of aliphatic hydroxyl groups excluding tert-OH is 1. The van der Waals surface area contributed by atoms with Crippen LogP contribution in [0.5, 0.6) is 17.2 Å². The lowest BCUT2D eigenvalue weighted by molar-refractivity contribution is -0.183.